The number of hydrogen-bond acceptors (Lipinski definition) is 1. The van der Waals surface area contributed by atoms with Crippen LogP contribution in [0.2, 0.25) is 0 Å². The molecule has 0 atom stereocenters. The first kappa shape index (κ1) is 15.6. The number of benzene rings is 1. The van der Waals surface area contributed by atoms with Crippen LogP contribution in [0, 0.1) is 0 Å². The number of aryl methyl sites for hydroxylation is 1. The van der Waals surface area contributed by atoms with Crippen LogP contribution in [-0.2, 0) is 6.42 Å². The largest absolute Gasteiger partial charge is 0.297 e. The molecule has 0 aliphatic carbocycles. The molecule has 0 saturated heterocycles. The maximum absolute atomic E-state index is 12.3. The van der Waals surface area contributed by atoms with Crippen molar-refractivity contribution in [1.82, 2.24) is 4.90 Å². The molecule has 0 N–H and O–H groups in total. The van der Waals surface area contributed by atoms with Gasteiger partial charge in [0.25, 0.3) is 6.43 Å². The SMILES string of the molecule is FC(F)CN(CCBr)CCCCc1ccccc1. The molecule has 0 unspecified atom stereocenters. The van der Waals surface area contributed by atoms with Crippen LogP contribution in [0.1, 0.15) is 18.4 Å². The lowest BCUT2D eigenvalue weighted by atomic mass is 10.1. The van der Waals surface area contributed by atoms with E-state index in [1.165, 1.54) is 5.56 Å². The first-order chi connectivity index (χ1) is 8.72. The van der Waals surface area contributed by atoms with Gasteiger partial charge in [-0.15, -0.1) is 0 Å². The van der Waals surface area contributed by atoms with Crippen molar-refractivity contribution in [2.75, 3.05) is 25.0 Å². The minimum absolute atomic E-state index is 0.114. The van der Waals surface area contributed by atoms with Crippen molar-refractivity contribution in [2.45, 2.75) is 25.7 Å². The minimum Gasteiger partial charge on any atom is -0.297 e. The van der Waals surface area contributed by atoms with Gasteiger partial charge in [-0.05, 0) is 31.4 Å². The smallest absolute Gasteiger partial charge is 0.251 e. The highest BCUT2D eigenvalue weighted by molar-refractivity contribution is 9.09. The van der Waals surface area contributed by atoms with Gasteiger partial charge in [0.1, 0.15) is 0 Å². The average molecular weight is 320 g/mol. The second-order valence-corrected chi connectivity index (χ2v) is 5.12. The standard InChI is InChI=1S/C14H20BrF2N/c15-9-11-18(12-14(16)17)10-5-4-8-13-6-2-1-3-7-13/h1-3,6-7,14H,4-5,8-12H2. The lowest BCUT2D eigenvalue weighted by Crippen LogP contribution is -2.31. The Morgan fingerprint density at radius 3 is 2.39 bits per heavy atom. The van der Waals surface area contributed by atoms with Gasteiger partial charge in [0.05, 0.1) is 6.54 Å². The van der Waals surface area contributed by atoms with E-state index in [0.717, 1.165) is 31.1 Å². The topological polar surface area (TPSA) is 3.24 Å². The predicted molar refractivity (Wildman–Crippen MR) is 75.6 cm³/mol. The quantitative estimate of drug-likeness (QED) is 0.491. The van der Waals surface area contributed by atoms with Gasteiger partial charge in [0, 0.05) is 11.9 Å². The Balaban J connectivity index is 2.18. The molecule has 102 valence electrons. The number of alkyl halides is 3. The van der Waals surface area contributed by atoms with Crippen molar-refractivity contribution in [3.8, 4) is 0 Å². The molecule has 0 spiro atoms. The molecule has 4 heteroatoms. The van der Waals surface area contributed by atoms with Gasteiger partial charge in [-0.1, -0.05) is 46.3 Å². The van der Waals surface area contributed by atoms with Crippen molar-refractivity contribution in [2.24, 2.45) is 0 Å². The third-order valence-corrected chi connectivity index (χ3v) is 3.18. The van der Waals surface area contributed by atoms with Gasteiger partial charge in [-0.25, -0.2) is 8.78 Å². The molecule has 0 fully saturated rings. The molecule has 1 aromatic rings. The van der Waals surface area contributed by atoms with Crippen molar-refractivity contribution in [3.63, 3.8) is 0 Å². The highest BCUT2D eigenvalue weighted by Gasteiger charge is 2.10. The zero-order chi connectivity index (χ0) is 13.2. The summed E-state index contributed by atoms with van der Waals surface area (Å²) in [4.78, 5) is 1.82. The zero-order valence-corrected chi connectivity index (χ0v) is 12.1. The Hall–Kier alpha value is -0.480. The number of hydrogen-bond donors (Lipinski definition) is 0. The lowest BCUT2D eigenvalue weighted by Gasteiger charge is -2.20. The molecule has 18 heavy (non-hydrogen) atoms. The number of halogens is 3. The second kappa shape index (κ2) is 9.45. The predicted octanol–water partition coefficient (Wildman–Crippen LogP) is 3.97. The van der Waals surface area contributed by atoms with Gasteiger partial charge in [-0.2, -0.15) is 0 Å². The summed E-state index contributed by atoms with van der Waals surface area (Å²) in [6.07, 6.45) is 0.802. The molecule has 1 nitrogen and oxygen atoms in total. The third-order valence-electron chi connectivity index (χ3n) is 2.83. The van der Waals surface area contributed by atoms with Crippen molar-refractivity contribution in [1.29, 1.82) is 0 Å². The van der Waals surface area contributed by atoms with Crippen LogP contribution in [0.25, 0.3) is 0 Å². The second-order valence-electron chi connectivity index (χ2n) is 4.32. The van der Waals surface area contributed by atoms with E-state index in [1.54, 1.807) is 0 Å². The maximum Gasteiger partial charge on any atom is 0.251 e. The molecule has 0 radical (unpaired) electrons. The molecular weight excluding hydrogens is 300 g/mol. The Kier molecular flexibility index (Phi) is 8.18. The summed E-state index contributed by atoms with van der Waals surface area (Å²) >= 11 is 3.30. The van der Waals surface area contributed by atoms with E-state index >= 15 is 0 Å². The van der Waals surface area contributed by atoms with Crippen LogP contribution in [0.15, 0.2) is 30.3 Å². The minimum atomic E-state index is -2.24. The molecule has 0 aromatic heterocycles. The number of nitrogens with zero attached hydrogens (tertiary/aromatic N) is 1. The molecule has 1 rings (SSSR count). The Morgan fingerprint density at radius 2 is 1.78 bits per heavy atom. The fourth-order valence-corrected chi connectivity index (χ4v) is 2.42. The van der Waals surface area contributed by atoms with Crippen molar-refractivity contribution < 1.29 is 8.78 Å². The van der Waals surface area contributed by atoms with Crippen LogP contribution < -0.4 is 0 Å². The van der Waals surface area contributed by atoms with Crippen molar-refractivity contribution in [3.05, 3.63) is 35.9 Å². The van der Waals surface area contributed by atoms with E-state index in [1.807, 2.05) is 23.1 Å². The highest BCUT2D eigenvalue weighted by Crippen LogP contribution is 2.07. The summed E-state index contributed by atoms with van der Waals surface area (Å²) in [5, 5.41) is 0.748. The van der Waals surface area contributed by atoms with Gasteiger partial charge in [0.15, 0.2) is 0 Å². The monoisotopic (exact) mass is 319 g/mol. The number of rotatable bonds is 9. The van der Waals surface area contributed by atoms with E-state index < -0.39 is 6.43 Å². The summed E-state index contributed by atoms with van der Waals surface area (Å²) < 4.78 is 24.7. The summed E-state index contributed by atoms with van der Waals surface area (Å²) in [5.41, 5.74) is 1.32. The summed E-state index contributed by atoms with van der Waals surface area (Å²) in [5.74, 6) is 0. The first-order valence-corrected chi connectivity index (χ1v) is 7.45. The van der Waals surface area contributed by atoms with Gasteiger partial charge in [-0.3, -0.25) is 4.90 Å². The zero-order valence-electron chi connectivity index (χ0n) is 10.5. The molecule has 0 amide bonds. The molecular formula is C14H20BrF2N. The van der Waals surface area contributed by atoms with Crippen LogP contribution in [0.3, 0.4) is 0 Å². The fraction of sp³-hybridized carbons (Fsp3) is 0.571. The fourth-order valence-electron chi connectivity index (χ4n) is 1.92. The van der Waals surface area contributed by atoms with E-state index in [2.05, 4.69) is 28.1 Å². The van der Waals surface area contributed by atoms with Gasteiger partial charge >= 0.3 is 0 Å². The molecule has 1 aromatic carbocycles. The summed E-state index contributed by atoms with van der Waals surface area (Å²) in [6, 6.07) is 10.3. The molecule has 0 saturated carbocycles. The Bertz CT molecular complexity index is 306. The van der Waals surface area contributed by atoms with Crippen LogP contribution >= 0.6 is 15.9 Å². The van der Waals surface area contributed by atoms with E-state index in [9.17, 15) is 8.78 Å². The third kappa shape index (κ3) is 7.07. The van der Waals surface area contributed by atoms with Crippen LogP contribution in [-0.4, -0.2) is 36.3 Å². The highest BCUT2D eigenvalue weighted by atomic mass is 79.9. The van der Waals surface area contributed by atoms with Gasteiger partial charge < -0.3 is 0 Å². The van der Waals surface area contributed by atoms with Crippen molar-refractivity contribution >= 4 is 15.9 Å². The van der Waals surface area contributed by atoms with E-state index in [4.69, 9.17) is 0 Å². The Labute approximate surface area is 116 Å². The van der Waals surface area contributed by atoms with Crippen LogP contribution in [0.5, 0.6) is 0 Å². The average Bonchev–Trinajstić information content (AvgIpc) is 2.35. The maximum atomic E-state index is 12.3. The summed E-state index contributed by atoms with van der Waals surface area (Å²) in [6.45, 7) is 1.33. The molecule has 0 bridgehead atoms. The van der Waals surface area contributed by atoms with E-state index in [-0.39, 0.29) is 6.54 Å². The normalized spacial score (nSPS) is 11.4. The van der Waals surface area contributed by atoms with Gasteiger partial charge in [0.2, 0.25) is 0 Å². The molecule has 0 aliphatic rings. The summed E-state index contributed by atoms with van der Waals surface area (Å²) in [7, 11) is 0. The van der Waals surface area contributed by atoms with Crippen LogP contribution in [0.4, 0.5) is 8.78 Å². The Morgan fingerprint density at radius 1 is 1.06 bits per heavy atom. The first-order valence-electron chi connectivity index (χ1n) is 6.32. The number of unbranched alkanes of at least 4 members (excludes halogenated alkanes) is 1. The lowest BCUT2D eigenvalue weighted by molar-refractivity contribution is 0.0906. The molecule has 0 aliphatic heterocycles. The van der Waals surface area contributed by atoms with E-state index in [0.29, 0.717) is 6.54 Å². The molecule has 0 heterocycles.